The number of nitrogens with two attached hydrogens (primary N) is 1. The zero-order valence-electron chi connectivity index (χ0n) is 9.10. The highest BCUT2D eigenvalue weighted by Gasteiger charge is 2.23. The van der Waals surface area contributed by atoms with Crippen LogP contribution in [0.25, 0.3) is 0 Å². The fraction of sp³-hybridized carbons (Fsp3) is 0.417. The third kappa shape index (κ3) is 1.96. The summed E-state index contributed by atoms with van der Waals surface area (Å²) in [5.74, 6) is 1.92. The fourth-order valence-electron chi connectivity index (χ4n) is 1.58. The molecule has 1 heterocycles. The molecule has 3 nitrogen and oxygen atoms in total. The molecule has 80 valence electrons. The zero-order valence-corrected chi connectivity index (χ0v) is 9.10. The summed E-state index contributed by atoms with van der Waals surface area (Å²) in [5, 5.41) is 0. The maximum atomic E-state index is 5.85. The molecule has 15 heavy (non-hydrogen) atoms. The standard InChI is InChI=1S/C12H16N2O/c1-8(2)12(13)14-10-7-15-11-6-4-3-5-9(10)11/h3-6,8,10H,7H2,1-2H3,(H2,13,14). The van der Waals surface area contributed by atoms with Crippen LogP contribution in [0.15, 0.2) is 29.3 Å². The Kier molecular flexibility index (Phi) is 2.62. The van der Waals surface area contributed by atoms with Crippen LogP contribution >= 0.6 is 0 Å². The highest BCUT2D eigenvalue weighted by Crippen LogP contribution is 2.34. The Balaban J connectivity index is 2.25. The molecule has 1 atom stereocenters. The summed E-state index contributed by atoms with van der Waals surface area (Å²) in [5.41, 5.74) is 6.99. The first-order chi connectivity index (χ1) is 7.18. The Morgan fingerprint density at radius 2 is 2.20 bits per heavy atom. The molecule has 0 saturated carbocycles. The Hall–Kier alpha value is -1.51. The van der Waals surface area contributed by atoms with Gasteiger partial charge in [0.1, 0.15) is 18.4 Å². The molecule has 1 aliphatic rings. The molecule has 3 heteroatoms. The van der Waals surface area contributed by atoms with Gasteiger partial charge in [0.05, 0.1) is 5.84 Å². The van der Waals surface area contributed by atoms with Gasteiger partial charge in [-0.2, -0.15) is 0 Å². The van der Waals surface area contributed by atoms with Gasteiger partial charge in [0.25, 0.3) is 0 Å². The number of para-hydroxylation sites is 1. The summed E-state index contributed by atoms with van der Waals surface area (Å²) in [6.45, 7) is 4.69. The van der Waals surface area contributed by atoms with E-state index in [1.54, 1.807) is 0 Å². The minimum atomic E-state index is 0.0728. The minimum Gasteiger partial charge on any atom is -0.491 e. The van der Waals surface area contributed by atoms with E-state index in [-0.39, 0.29) is 12.0 Å². The lowest BCUT2D eigenvalue weighted by Crippen LogP contribution is -2.20. The number of ether oxygens (including phenoxy) is 1. The summed E-state index contributed by atoms with van der Waals surface area (Å²) in [7, 11) is 0. The largest absolute Gasteiger partial charge is 0.491 e. The molecule has 0 fully saturated rings. The molecule has 2 N–H and O–H groups in total. The lowest BCUT2D eigenvalue weighted by molar-refractivity contribution is 0.333. The van der Waals surface area contributed by atoms with Gasteiger partial charge >= 0.3 is 0 Å². The molecular formula is C12H16N2O. The van der Waals surface area contributed by atoms with E-state index < -0.39 is 0 Å². The van der Waals surface area contributed by atoms with E-state index in [4.69, 9.17) is 10.5 Å². The molecule has 0 saturated heterocycles. The van der Waals surface area contributed by atoms with Gasteiger partial charge in [-0.1, -0.05) is 32.0 Å². The predicted molar refractivity (Wildman–Crippen MR) is 61.1 cm³/mol. The summed E-state index contributed by atoms with van der Waals surface area (Å²) >= 11 is 0. The molecule has 1 aliphatic heterocycles. The van der Waals surface area contributed by atoms with Crippen molar-refractivity contribution in [3.05, 3.63) is 29.8 Å². The van der Waals surface area contributed by atoms with E-state index in [0.717, 1.165) is 11.3 Å². The third-order valence-corrected chi connectivity index (χ3v) is 2.57. The molecule has 0 amide bonds. The van der Waals surface area contributed by atoms with Crippen molar-refractivity contribution >= 4 is 5.84 Å². The summed E-state index contributed by atoms with van der Waals surface area (Å²) in [6.07, 6.45) is 0. The Morgan fingerprint density at radius 1 is 1.47 bits per heavy atom. The van der Waals surface area contributed by atoms with Gasteiger partial charge in [0, 0.05) is 11.5 Å². The van der Waals surface area contributed by atoms with Crippen LogP contribution in [0.1, 0.15) is 25.5 Å². The molecule has 0 bridgehead atoms. The van der Waals surface area contributed by atoms with Crippen LogP contribution in [-0.2, 0) is 0 Å². The molecule has 0 radical (unpaired) electrons. The first kappa shape index (κ1) is 10.0. The number of fused-ring (bicyclic) bond motifs is 1. The van der Waals surface area contributed by atoms with Crippen LogP contribution in [0.3, 0.4) is 0 Å². The average molecular weight is 204 g/mol. The molecule has 0 aliphatic carbocycles. The monoisotopic (exact) mass is 204 g/mol. The third-order valence-electron chi connectivity index (χ3n) is 2.57. The first-order valence-corrected chi connectivity index (χ1v) is 5.23. The number of aliphatic imine (C=N–C) groups is 1. The molecule has 1 aromatic rings. The van der Waals surface area contributed by atoms with Crippen LogP contribution in [-0.4, -0.2) is 12.4 Å². The maximum absolute atomic E-state index is 5.85. The van der Waals surface area contributed by atoms with E-state index >= 15 is 0 Å². The highest BCUT2D eigenvalue weighted by molar-refractivity contribution is 5.82. The molecule has 1 unspecified atom stereocenters. The van der Waals surface area contributed by atoms with Gasteiger partial charge in [-0.05, 0) is 6.07 Å². The molecule has 1 aromatic carbocycles. The van der Waals surface area contributed by atoms with Crippen molar-refractivity contribution in [3.63, 3.8) is 0 Å². The van der Waals surface area contributed by atoms with Crippen LogP contribution in [0.5, 0.6) is 5.75 Å². The van der Waals surface area contributed by atoms with Crippen LogP contribution in [0.2, 0.25) is 0 Å². The Bertz CT molecular complexity index is 385. The fourth-order valence-corrected chi connectivity index (χ4v) is 1.58. The summed E-state index contributed by atoms with van der Waals surface area (Å²) < 4.78 is 5.53. The van der Waals surface area contributed by atoms with Crippen LogP contribution in [0.4, 0.5) is 0 Å². The van der Waals surface area contributed by atoms with Gasteiger partial charge in [0.15, 0.2) is 0 Å². The van der Waals surface area contributed by atoms with Gasteiger partial charge in [0.2, 0.25) is 0 Å². The zero-order chi connectivity index (χ0) is 10.8. The van der Waals surface area contributed by atoms with E-state index in [0.29, 0.717) is 12.4 Å². The number of amidine groups is 1. The van der Waals surface area contributed by atoms with Gasteiger partial charge in [-0.25, -0.2) is 0 Å². The second-order valence-corrected chi connectivity index (χ2v) is 4.07. The summed E-state index contributed by atoms with van der Waals surface area (Å²) in [6, 6.07) is 8.06. The second kappa shape index (κ2) is 3.93. The van der Waals surface area contributed by atoms with Crippen molar-refractivity contribution in [3.8, 4) is 5.75 Å². The smallest absolute Gasteiger partial charge is 0.124 e. The predicted octanol–water partition coefficient (Wildman–Crippen LogP) is 2.13. The Labute approximate surface area is 90.0 Å². The van der Waals surface area contributed by atoms with Crippen LogP contribution < -0.4 is 10.5 Å². The van der Waals surface area contributed by atoms with Crippen molar-refractivity contribution in [1.29, 1.82) is 0 Å². The van der Waals surface area contributed by atoms with Gasteiger partial charge in [-0.3, -0.25) is 4.99 Å². The number of nitrogens with zero attached hydrogens (tertiary/aromatic N) is 1. The average Bonchev–Trinajstić information content (AvgIpc) is 2.62. The SMILES string of the molecule is CC(C)C(N)=NC1COc2ccccc21. The number of hydrogen-bond donors (Lipinski definition) is 1. The maximum Gasteiger partial charge on any atom is 0.124 e. The van der Waals surface area contributed by atoms with Gasteiger partial charge in [-0.15, -0.1) is 0 Å². The summed E-state index contributed by atoms with van der Waals surface area (Å²) in [4.78, 5) is 4.49. The van der Waals surface area contributed by atoms with E-state index in [1.807, 2.05) is 38.1 Å². The molecular weight excluding hydrogens is 188 g/mol. The number of rotatable bonds is 2. The van der Waals surface area contributed by atoms with Crippen molar-refractivity contribution < 1.29 is 4.74 Å². The highest BCUT2D eigenvalue weighted by atomic mass is 16.5. The van der Waals surface area contributed by atoms with Crippen LogP contribution in [0, 0.1) is 5.92 Å². The van der Waals surface area contributed by atoms with E-state index in [9.17, 15) is 0 Å². The molecule has 0 spiro atoms. The van der Waals surface area contributed by atoms with Gasteiger partial charge < -0.3 is 10.5 Å². The second-order valence-electron chi connectivity index (χ2n) is 4.07. The van der Waals surface area contributed by atoms with Crippen molar-refractivity contribution in [1.82, 2.24) is 0 Å². The quantitative estimate of drug-likeness (QED) is 0.592. The first-order valence-electron chi connectivity index (χ1n) is 5.23. The van der Waals surface area contributed by atoms with Crippen molar-refractivity contribution in [2.75, 3.05) is 6.61 Å². The number of benzene rings is 1. The topological polar surface area (TPSA) is 47.6 Å². The lowest BCUT2D eigenvalue weighted by atomic mass is 10.1. The van der Waals surface area contributed by atoms with Crippen molar-refractivity contribution in [2.24, 2.45) is 16.6 Å². The molecule has 0 aromatic heterocycles. The minimum absolute atomic E-state index is 0.0728. The molecule has 2 rings (SSSR count). The number of hydrogen-bond acceptors (Lipinski definition) is 2. The van der Waals surface area contributed by atoms with Crippen molar-refractivity contribution in [2.45, 2.75) is 19.9 Å². The Morgan fingerprint density at radius 3 is 2.93 bits per heavy atom. The normalized spacial score (nSPS) is 20.2. The van der Waals surface area contributed by atoms with E-state index in [2.05, 4.69) is 4.99 Å². The lowest BCUT2D eigenvalue weighted by Gasteiger charge is -2.08. The van der Waals surface area contributed by atoms with E-state index in [1.165, 1.54) is 0 Å².